The van der Waals surface area contributed by atoms with E-state index in [1.807, 2.05) is 36.4 Å². The quantitative estimate of drug-likeness (QED) is 0.306. The first-order chi connectivity index (χ1) is 13.9. The lowest BCUT2D eigenvalue weighted by Gasteiger charge is -2.33. The Morgan fingerprint density at radius 3 is 2.07 bits per heavy atom. The van der Waals surface area contributed by atoms with Gasteiger partial charge in [0.15, 0.2) is 5.78 Å². The molecule has 0 amide bonds. The lowest BCUT2D eigenvalue weighted by molar-refractivity contribution is 0.104. The van der Waals surface area contributed by atoms with Gasteiger partial charge in [-0.15, -0.1) is 0 Å². The minimum Gasteiger partial charge on any atom is -0.412 e. The predicted octanol–water partition coefficient (Wildman–Crippen LogP) is 7.88. The number of hydrogen-bond donors (Lipinski definition) is 0. The number of ketones is 1. The van der Waals surface area contributed by atoms with Crippen LogP contribution in [0.5, 0.6) is 0 Å². The molecule has 1 unspecified atom stereocenters. The average Bonchev–Trinajstić information content (AvgIpc) is 2.74. The lowest BCUT2D eigenvalue weighted by Crippen LogP contribution is -2.20. The summed E-state index contributed by atoms with van der Waals surface area (Å²) in [6.07, 6.45) is 9.94. The van der Waals surface area contributed by atoms with Gasteiger partial charge in [0.2, 0.25) is 0 Å². The number of rotatable bonds is 9. The fourth-order valence-corrected chi connectivity index (χ4v) is 3.59. The molecule has 2 nitrogen and oxygen atoms in total. The van der Waals surface area contributed by atoms with Crippen molar-refractivity contribution >= 4 is 11.9 Å². The van der Waals surface area contributed by atoms with Crippen LogP contribution in [-0.2, 0) is 0 Å². The summed E-state index contributed by atoms with van der Waals surface area (Å²) in [5.74, 6) is 0.572. The molecule has 0 aromatic heterocycles. The van der Waals surface area contributed by atoms with Gasteiger partial charge in [0.25, 0.3) is 0 Å². The molecule has 2 aromatic rings. The number of carbonyl (C=O) groups excluding carboxylic acids is 1. The Bertz CT molecular complexity index is 742. The molecule has 0 spiro atoms. The van der Waals surface area contributed by atoms with E-state index >= 15 is 0 Å². The molecule has 2 heteroatoms. The molecule has 0 heterocycles. The Morgan fingerprint density at radius 2 is 1.57 bits per heavy atom. The molecule has 0 aliphatic heterocycles. The van der Waals surface area contributed by atoms with E-state index in [9.17, 15) is 4.79 Å². The second-order valence-electron chi connectivity index (χ2n) is 8.39. The molecule has 0 aliphatic carbocycles. The Hall–Kier alpha value is -2.19. The molecule has 0 saturated carbocycles. The van der Waals surface area contributed by atoms with E-state index in [1.54, 1.807) is 6.08 Å². The number of allylic oxidation sites excluding steroid dienone is 1. The summed E-state index contributed by atoms with van der Waals surface area (Å²) < 4.78 is 0. The summed E-state index contributed by atoms with van der Waals surface area (Å²) in [5, 5.41) is 0. The van der Waals surface area contributed by atoms with Gasteiger partial charge in [0.05, 0.1) is 0 Å². The van der Waals surface area contributed by atoms with Gasteiger partial charge in [-0.2, -0.15) is 0 Å². The third-order valence-corrected chi connectivity index (χ3v) is 5.77. The molecule has 30 heavy (non-hydrogen) atoms. The Morgan fingerprint density at radius 1 is 0.933 bits per heavy atom. The van der Waals surface area contributed by atoms with Crippen LogP contribution < -0.4 is 0 Å². The maximum absolute atomic E-state index is 12.2. The molecule has 2 rings (SSSR count). The molecular formula is C28H42O2. The highest BCUT2D eigenvalue weighted by Crippen LogP contribution is 2.40. The van der Waals surface area contributed by atoms with Gasteiger partial charge in [-0.1, -0.05) is 128 Å². The van der Waals surface area contributed by atoms with Crippen LogP contribution in [0.4, 0.5) is 0 Å². The Kier molecular flexibility index (Phi) is 13.7. The van der Waals surface area contributed by atoms with Crippen molar-refractivity contribution in [3.05, 3.63) is 77.4 Å². The van der Waals surface area contributed by atoms with Crippen LogP contribution in [0.15, 0.2) is 60.7 Å². The van der Waals surface area contributed by atoms with E-state index in [0.29, 0.717) is 5.92 Å². The summed E-state index contributed by atoms with van der Waals surface area (Å²) in [6, 6.07) is 18.0. The third kappa shape index (κ3) is 9.09. The Labute approximate surface area is 184 Å². The fraction of sp³-hybridized carbons (Fsp3) is 0.464. The molecule has 0 saturated heterocycles. The smallest absolute Gasteiger partial charge is 0.185 e. The molecule has 0 aliphatic rings. The van der Waals surface area contributed by atoms with Crippen molar-refractivity contribution in [3.8, 4) is 0 Å². The molecule has 0 fully saturated rings. The Balaban J connectivity index is 0.00000125. The van der Waals surface area contributed by atoms with Crippen LogP contribution in [0.2, 0.25) is 0 Å². The SMILES string of the molecule is CCC(c1cccc(/C=C\C(=O)c2ccccc2)c1)C(C)(C)CC.CCCCC.O. The van der Waals surface area contributed by atoms with Crippen molar-refractivity contribution in [1.29, 1.82) is 0 Å². The normalized spacial score (nSPS) is 11.9. The number of unbranched alkanes of at least 4 members (excludes halogenated alkanes) is 2. The number of hydrogen-bond acceptors (Lipinski definition) is 1. The highest BCUT2D eigenvalue weighted by atomic mass is 16.1. The minimum absolute atomic E-state index is 0. The number of carbonyl (C=O) groups is 1. The van der Waals surface area contributed by atoms with Gasteiger partial charge in [0, 0.05) is 5.56 Å². The van der Waals surface area contributed by atoms with E-state index in [2.05, 4.69) is 65.8 Å². The van der Waals surface area contributed by atoms with Crippen LogP contribution in [0.1, 0.15) is 101 Å². The van der Waals surface area contributed by atoms with Gasteiger partial charge in [-0.3, -0.25) is 4.79 Å². The largest absolute Gasteiger partial charge is 0.412 e. The predicted molar refractivity (Wildman–Crippen MR) is 132 cm³/mol. The summed E-state index contributed by atoms with van der Waals surface area (Å²) in [5.41, 5.74) is 3.45. The van der Waals surface area contributed by atoms with Crippen molar-refractivity contribution in [3.63, 3.8) is 0 Å². The maximum Gasteiger partial charge on any atom is 0.185 e. The summed E-state index contributed by atoms with van der Waals surface area (Å²) in [7, 11) is 0. The fourth-order valence-electron chi connectivity index (χ4n) is 3.59. The first-order valence-electron chi connectivity index (χ1n) is 11.3. The molecule has 1 atom stereocenters. The summed E-state index contributed by atoms with van der Waals surface area (Å²) in [6.45, 7) is 13.6. The third-order valence-electron chi connectivity index (χ3n) is 5.77. The molecule has 2 N–H and O–H groups in total. The van der Waals surface area contributed by atoms with Crippen molar-refractivity contribution in [2.75, 3.05) is 0 Å². The lowest BCUT2D eigenvalue weighted by atomic mass is 9.71. The van der Waals surface area contributed by atoms with Crippen LogP contribution in [0.25, 0.3) is 6.08 Å². The standard InChI is InChI=1S/C23H28O.C5H12.H2O/c1-5-21(23(3,4)6-2)20-14-10-11-18(17-20)15-16-22(24)19-12-8-7-9-13-19;1-3-5-4-2;/h7-17,21H,5-6H2,1-4H3;3-5H2,1-2H3;1H2/b16-15-;;. The summed E-state index contributed by atoms with van der Waals surface area (Å²) >= 11 is 0. The van der Waals surface area contributed by atoms with Gasteiger partial charge in [-0.25, -0.2) is 0 Å². The zero-order valence-electron chi connectivity index (χ0n) is 19.9. The van der Waals surface area contributed by atoms with Crippen LogP contribution >= 0.6 is 0 Å². The number of benzene rings is 2. The first kappa shape index (κ1) is 27.8. The van der Waals surface area contributed by atoms with Gasteiger partial charge in [0.1, 0.15) is 0 Å². The van der Waals surface area contributed by atoms with E-state index in [0.717, 1.165) is 24.0 Å². The topological polar surface area (TPSA) is 48.6 Å². The zero-order chi connectivity index (χ0) is 21.7. The highest BCUT2D eigenvalue weighted by molar-refractivity contribution is 6.06. The van der Waals surface area contributed by atoms with E-state index < -0.39 is 0 Å². The van der Waals surface area contributed by atoms with E-state index in [4.69, 9.17) is 0 Å². The van der Waals surface area contributed by atoms with Gasteiger partial charge in [-0.05, 0) is 35.0 Å². The zero-order valence-corrected chi connectivity index (χ0v) is 19.9. The molecule has 0 bridgehead atoms. The average molecular weight is 411 g/mol. The molecule has 0 radical (unpaired) electrons. The van der Waals surface area contributed by atoms with Gasteiger partial charge >= 0.3 is 0 Å². The van der Waals surface area contributed by atoms with Crippen LogP contribution in [0, 0.1) is 5.41 Å². The second-order valence-corrected chi connectivity index (χ2v) is 8.39. The maximum atomic E-state index is 12.2. The summed E-state index contributed by atoms with van der Waals surface area (Å²) in [4.78, 5) is 12.2. The monoisotopic (exact) mass is 410 g/mol. The van der Waals surface area contributed by atoms with Crippen molar-refractivity contribution in [1.82, 2.24) is 0 Å². The van der Waals surface area contributed by atoms with Crippen molar-refractivity contribution < 1.29 is 10.3 Å². The van der Waals surface area contributed by atoms with Crippen LogP contribution in [0.3, 0.4) is 0 Å². The first-order valence-corrected chi connectivity index (χ1v) is 11.3. The molecule has 2 aromatic carbocycles. The van der Waals surface area contributed by atoms with E-state index in [1.165, 1.54) is 24.8 Å². The highest BCUT2D eigenvalue weighted by Gasteiger charge is 2.27. The van der Waals surface area contributed by atoms with Crippen molar-refractivity contribution in [2.45, 2.75) is 79.6 Å². The minimum atomic E-state index is 0. The molecule has 166 valence electrons. The second kappa shape index (κ2) is 14.7. The van der Waals surface area contributed by atoms with Crippen molar-refractivity contribution in [2.24, 2.45) is 5.41 Å². The van der Waals surface area contributed by atoms with E-state index in [-0.39, 0.29) is 16.7 Å². The van der Waals surface area contributed by atoms with Crippen LogP contribution in [-0.4, -0.2) is 11.3 Å². The van der Waals surface area contributed by atoms with Gasteiger partial charge < -0.3 is 5.48 Å². The molecular weight excluding hydrogens is 368 g/mol.